The van der Waals surface area contributed by atoms with Crippen molar-refractivity contribution in [1.82, 2.24) is 5.32 Å². The molecule has 23 heavy (non-hydrogen) atoms. The number of amides is 1. The summed E-state index contributed by atoms with van der Waals surface area (Å²) in [7, 11) is 0. The number of carbonyl (C=O) groups is 1. The van der Waals surface area contributed by atoms with E-state index in [0.717, 1.165) is 18.4 Å². The lowest BCUT2D eigenvalue weighted by Crippen LogP contribution is -2.33. The summed E-state index contributed by atoms with van der Waals surface area (Å²) >= 11 is 0. The topological polar surface area (TPSA) is 38.3 Å². The van der Waals surface area contributed by atoms with E-state index in [9.17, 15) is 4.79 Å². The van der Waals surface area contributed by atoms with Crippen LogP contribution in [-0.2, 0) is 11.2 Å². The van der Waals surface area contributed by atoms with Crippen molar-refractivity contribution in [3.05, 3.63) is 35.4 Å². The van der Waals surface area contributed by atoms with E-state index in [1.54, 1.807) is 0 Å². The Bertz CT molecular complexity index is 580. The van der Waals surface area contributed by atoms with Gasteiger partial charge >= 0.3 is 6.09 Å². The molecule has 0 unspecified atom stereocenters. The maximum absolute atomic E-state index is 11.6. The third-order valence-electron chi connectivity index (χ3n) is 2.82. The molecule has 0 aliphatic heterocycles. The predicted octanol–water partition coefficient (Wildman–Crippen LogP) is 4.54. The first-order valence-corrected chi connectivity index (χ1v) is 8.14. The van der Waals surface area contributed by atoms with Crippen molar-refractivity contribution >= 4 is 6.09 Å². The van der Waals surface area contributed by atoms with Crippen molar-refractivity contribution in [2.24, 2.45) is 5.41 Å². The molecule has 0 aliphatic carbocycles. The quantitative estimate of drug-likeness (QED) is 0.654. The van der Waals surface area contributed by atoms with Gasteiger partial charge in [-0.25, -0.2) is 4.79 Å². The third-order valence-corrected chi connectivity index (χ3v) is 2.82. The number of aryl methyl sites for hydroxylation is 1. The molecule has 3 nitrogen and oxygen atoms in total. The average Bonchev–Trinajstić information content (AvgIpc) is 2.39. The van der Waals surface area contributed by atoms with Crippen molar-refractivity contribution in [2.45, 2.75) is 60.0 Å². The van der Waals surface area contributed by atoms with E-state index in [2.05, 4.69) is 50.1 Å². The van der Waals surface area contributed by atoms with Crippen LogP contribution in [0.2, 0.25) is 0 Å². The van der Waals surface area contributed by atoms with Crippen LogP contribution in [0.1, 0.15) is 59.1 Å². The number of ether oxygens (including phenoxy) is 1. The SMILES string of the molecule is CC(C)(C)C#Cc1cccc(CCCNC(=O)OC(C)(C)C)c1. The Morgan fingerprint density at radius 3 is 2.48 bits per heavy atom. The minimum Gasteiger partial charge on any atom is -0.444 e. The van der Waals surface area contributed by atoms with Gasteiger partial charge in [0.2, 0.25) is 0 Å². The smallest absolute Gasteiger partial charge is 0.407 e. The van der Waals surface area contributed by atoms with Gasteiger partial charge in [0.1, 0.15) is 5.60 Å². The molecule has 3 heteroatoms. The molecule has 0 saturated carbocycles. The lowest BCUT2D eigenvalue weighted by atomic mass is 9.97. The third kappa shape index (κ3) is 9.63. The van der Waals surface area contributed by atoms with Gasteiger partial charge in [0, 0.05) is 17.5 Å². The highest BCUT2D eigenvalue weighted by Gasteiger charge is 2.15. The van der Waals surface area contributed by atoms with Crippen molar-refractivity contribution in [1.29, 1.82) is 0 Å². The van der Waals surface area contributed by atoms with E-state index in [1.807, 2.05) is 32.9 Å². The second-order valence-electron chi connectivity index (χ2n) is 7.73. The van der Waals surface area contributed by atoms with Gasteiger partial charge in [-0.2, -0.15) is 0 Å². The highest BCUT2D eigenvalue weighted by molar-refractivity contribution is 5.67. The lowest BCUT2D eigenvalue weighted by molar-refractivity contribution is 0.0527. The van der Waals surface area contributed by atoms with Crippen LogP contribution in [0.3, 0.4) is 0 Å². The van der Waals surface area contributed by atoms with Gasteiger partial charge < -0.3 is 10.1 Å². The van der Waals surface area contributed by atoms with E-state index >= 15 is 0 Å². The largest absolute Gasteiger partial charge is 0.444 e. The Balaban J connectivity index is 2.44. The Morgan fingerprint density at radius 1 is 1.17 bits per heavy atom. The first kappa shape index (κ1) is 19.1. The molecule has 0 saturated heterocycles. The number of rotatable bonds is 4. The van der Waals surface area contributed by atoms with Gasteiger partial charge in [0.15, 0.2) is 0 Å². The van der Waals surface area contributed by atoms with Crippen molar-refractivity contribution < 1.29 is 9.53 Å². The van der Waals surface area contributed by atoms with Crippen LogP contribution in [0.5, 0.6) is 0 Å². The fourth-order valence-electron chi connectivity index (χ4n) is 1.86. The van der Waals surface area contributed by atoms with Gasteiger partial charge in [-0.3, -0.25) is 0 Å². The number of hydrogen-bond acceptors (Lipinski definition) is 2. The molecule has 0 heterocycles. The molecule has 0 spiro atoms. The minimum atomic E-state index is -0.454. The first-order chi connectivity index (χ1) is 10.6. The Morgan fingerprint density at radius 2 is 1.87 bits per heavy atom. The molecule has 0 atom stereocenters. The summed E-state index contributed by atoms with van der Waals surface area (Å²) in [5.74, 6) is 6.47. The zero-order valence-electron chi connectivity index (χ0n) is 15.2. The standard InChI is InChI=1S/C20H29NO2/c1-19(2,3)13-12-17-10-7-9-16(15-17)11-8-14-21-18(22)23-20(4,5)6/h7,9-10,15H,8,11,14H2,1-6H3,(H,21,22). The number of carbonyl (C=O) groups excluding carboxylic acids is 1. The Labute approximate surface area is 140 Å². The number of alkyl carbamates (subject to hydrolysis) is 1. The monoisotopic (exact) mass is 315 g/mol. The van der Waals surface area contributed by atoms with Crippen molar-refractivity contribution in [2.75, 3.05) is 6.54 Å². The summed E-state index contributed by atoms with van der Waals surface area (Å²) in [4.78, 5) is 11.6. The Kier molecular flexibility index (Phi) is 6.69. The van der Waals surface area contributed by atoms with Crippen LogP contribution in [0.15, 0.2) is 24.3 Å². The second-order valence-corrected chi connectivity index (χ2v) is 7.73. The number of benzene rings is 1. The lowest BCUT2D eigenvalue weighted by Gasteiger charge is -2.19. The molecule has 1 aromatic carbocycles. The fraction of sp³-hybridized carbons (Fsp3) is 0.550. The van der Waals surface area contributed by atoms with Crippen LogP contribution < -0.4 is 5.32 Å². The highest BCUT2D eigenvalue weighted by atomic mass is 16.6. The van der Waals surface area contributed by atoms with E-state index in [1.165, 1.54) is 5.56 Å². The molecule has 126 valence electrons. The van der Waals surface area contributed by atoms with Crippen LogP contribution >= 0.6 is 0 Å². The first-order valence-electron chi connectivity index (χ1n) is 8.14. The molecule has 0 fully saturated rings. The maximum Gasteiger partial charge on any atom is 0.407 e. The minimum absolute atomic E-state index is 0.00728. The average molecular weight is 315 g/mol. The van der Waals surface area contributed by atoms with Crippen LogP contribution in [0.4, 0.5) is 4.79 Å². The molecule has 1 amide bonds. The molecular weight excluding hydrogens is 286 g/mol. The molecule has 1 N–H and O–H groups in total. The summed E-state index contributed by atoms with van der Waals surface area (Å²) in [6.07, 6.45) is 1.42. The number of nitrogens with one attached hydrogen (secondary N) is 1. The molecule has 1 aromatic rings. The zero-order chi connectivity index (χ0) is 17.5. The summed E-state index contributed by atoms with van der Waals surface area (Å²) < 4.78 is 5.20. The molecule has 0 bridgehead atoms. The van der Waals surface area contributed by atoms with Gasteiger partial charge in [-0.05, 0) is 72.1 Å². The Hall–Kier alpha value is -1.95. The van der Waals surface area contributed by atoms with E-state index in [4.69, 9.17) is 4.74 Å². The van der Waals surface area contributed by atoms with E-state index < -0.39 is 5.60 Å². The van der Waals surface area contributed by atoms with Crippen LogP contribution in [0.25, 0.3) is 0 Å². The normalized spacial score (nSPS) is 11.4. The zero-order valence-corrected chi connectivity index (χ0v) is 15.2. The fourth-order valence-corrected chi connectivity index (χ4v) is 1.86. The summed E-state index contributed by atoms with van der Waals surface area (Å²) in [5.41, 5.74) is 1.83. The molecule has 0 aromatic heterocycles. The molecule has 0 radical (unpaired) electrons. The number of hydrogen-bond donors (Lipinski definition) is 1. The van der Waals surface area contributed by atoms with Crippen LogP contribution in [0, 0.1) is 17.3 Å². The summed E-state index contributed by atoms with van der Waals surface area (Å²) in [6, 6.07) is 8.27. The molecule has 0 aliphatic rings. The second kappa shape index (κ2) is 8.06. The van der Waals surface area contributed by atoms with E-state index in [0.29, 0.717) is 6.54 Å². The maximum atomic E-state index is 11.6. The van der Waals surface area contributed by atoms with Gasteiger partial charge in [-0.15, -0.1) is 0 Å². The van der Waals surface area contributed by atoms with E-state index in [-0.39, 0.29) is 11.5 Å². The van der Waals surface area contributed by atoms with Gasteiger partial charge in [0.05, 0.1) is 0 Å². The van der Waals surface area contributed by atoms with Gasteiger partial charge in [0.25, 0.3) is 0 Å². The van der Waals surface area contributed by atoms with Crippen LogP contribution in [-0.4, -0.2) is 18.2 Å². The molecule has 1 rings (SSSR count). The summed E-state index contributed by atoms with van der Waals surface area (Å²) in [5, 5.41) is 2.78. The van der Waals surface area contributed by atoms with Gasteiger partial charge in [-0.1, -0.05) is 24.0 Å². The highest BCUT2D eigenvalue weighted by Crippen LogP contribution is 2.12. The summed E-state index contributed by atoms with van der Waals surface area (Å²) in [6.45, 7) is 12.5. The van der Waals surface area contributed by atoms with Crippen molar-refractivity contribution in [3.8, 4) is 11.8 Å². The predicted molar refractivity (Wildman–Crippen MR) is 95.3 cm³/mol. The van der Waals surface area contributed by atoms with Crippen molar-refractivity contribution in [3.63, 3.8) is 0 Å². The molecular formula is C20H29NO2.